The van der Waals surface area contributed by atoms with Crippen molar-refractivity contribution in [3.05, 3.63) is 70.8 Å². The number of likely N-dealkylation sites (N-methyl/N-ethyl adjacent to an activating group) is 2. The molecule has 6 rings (SSSR count). The Morgan fingerprint density at radius 2 is 1.29 bits per heavy atom. The molecular weight excluding hydrogens is 460 g/mol. The lowest BCUT2D eigenvalue weighted by Gasteiger charge is -2.31. The van der Waals surface area contributed by atoms with Crippen molar-refractivity contribution in [1.82, 2.24) is 9.80 Å². The summed E-state index contributed by atoms with van der Waals surface area (Å²) in [5.74, 6) is 1.55. The highest BCUT2D eigenvalue weighted by Crippen LogP contribution is 2.43. The molecular formula is C36H54N2. The fourth-order valence-electron chi connectivity index (χ4n) is 7.46. The Bertz CT molecular complexity index is 1090. The molecule has 2 heterocycles. The van der Waals surface area contributed by atoms with E-state index in [1.807, 2.05) is 27.7 Å². The van der Waals surface area contributed by atoms with Crippen LogP contribution >= 0.6 is 0 Å². The Morgan fingerprint density at radius 3 is 1.97 bits per heavy atom. The van der Waals surface area contributed by atoms with Gasteiger partial charge in [-0.2, -0.15) is 0 Å². The number of rotatable bonds is 5. The van der Waals surface area contributed by atoms with Crippen LogP contribution in [0, 0.1) is 5.92 Å². The highest BCUT2D eigenvalue weighted by molar-refractivity contribution is 5.84. The monoisotopic (exact) mass is 514 g/mol. The first-order valence-corrected chi connectivity index (χ1v) is 16.0. The van der Waals surface area contributed by atoms with Crippen molar-refractivity contribution < 1.29 is 0 Å². The maximum Gasteiger partial charge on any atom is 0.0311 e. The number of allylic oxidation sites excluding steroid dienone is 3. The van der Waals surface area contributed by atoms with Crippen molar-refractivity contribution in [2.24, 2.45) is 5.92 Å². The van der Waals surface area contributed by atoms with Crippen LogP contribution in [-0.2, 0) is 6.42 Å². The molecule has 0 radical (unpaired) electrons. The van der Waals surface area contributed by atoms with Gasteiger partial charge < -0.3 is 4.90 Å². The predicted octanol–water partition coefficient (Wildman–Crippen LogP) is 9.15. The van der Waals surface area contributed by atoms with Crippen LogP contribution in [0.15, 0.2) is 59.7 Å². The van der Waals surface area contributed by atoms with Crippen LogP contribution in [0.4, 0.5) is 0 Å². The van der Waals surface area contributed by atoms with E-state index in [9.17, 15) is 0 Å². The summed E-state index contributed by atoms with van der Waals surface area (Å²) in [6, 6.07) is 16.0. The molecule has 3 fully saturated rings. The molecule has 2 unspecified atom stereocenters. The molecule has 0 spiro atoms. The van der Waals surface area contributed by atoms with Gasteiger partial charge in [-0.05, 0) is 131 Å². The Morgan fingerprint density at radius 1 is 0.658 bits per heavy atom. The number of hydrogen-bond donors (Lipinski definition) is 0. The molecule has 208 valence electrons. The molecule has 2 aliphatic heterocycles. The minimum atomic E-state index is 0.710. The third-order valence-electron chi connectivity index (χ3n) is 9.66. The summed E-state index contributed by atoms with van der Waals surface area (Å²) in [7, 11) is 4.59. The third kappa shape index (κ3) is 6.62. The summed E-state index contributed by atoms with van der Waals surface area (Å²) in [6.45, 7) is 10.5. The molecule has 0 amide bonds. The lowest BCUT2D eigenvalue weighted by molar-refractivity contribution is 0.309. The summed E-state index contributed by atoms with van der Waals surface area (Å²) in [6.07, 6.45) is 18.3. The van der Waals surface area contributed by atoms with Crippen molar-refractivity contribution >= 4 is 10.8 Å². The number of likely N-dealkylation sites (tertiary alicyclic amines) is 2. The first-order chi connectivity index (χ1) is 18.6. The van der Waals surface area contributed by atoms with E-state index in [0.29, 0.717) is 6.04 Å². The van der Waals surface area contributed by atoms with E-state index >= 15 is 0 Å². The van der Waals surface area contributed by atoms with Crippen LogP contribution in [0.25, 0.3) is 10.8 Å². The van der Waals surface area contributed by atoms with E-state index in [-0.39, 0.29) is 0 Å². The van der Waals surface area contributed by atoms with Crippen LogP contribution in [0.5, 0.6) is 0 Å². The molecule has 1 saturated carbocycles. The summed E-state index contributed by atoms with van der Waals surface area (Å²) in [5.41, 5.74) is 6.49. The van der Waals surface area contributed by atoms with E-state index in [0.717, 1.165) is 17.9 Å². The molecule has 2 nitrogen and oxygen atoms in total. The van der Waals surface area contributed by atoms with Gasteiger partial charge in [-0.25, -0.2) is 0 Å². The maximum atomic E-state index is 2.56. The standard InChI is InChI=1S/C32H42N2.2C2H6/c1-33-17-3-5-31(33)20-23-7-8-29-21-27(14-13-26(29)19-23)24-9-11-25(12-10-24)28-15-16-30(22-28)32-6-4-18-34(32)2;2*1-2/h7-8,13-16,19,21,24-25,31-32H,3-6,9-12,17-18,20,22H2,1-2H3;2*1-2H3. The molecule has 2 aromatic carbocycles. The van der Waals surface area contributed by atoms with Gasteiger partial charge >= 0.3 is 0 Å². The Hall–Kier alpha value is -1.90. The smallest absolute Gasteiger partial charge is 0.0311 e. The lowest BCUT2D eigenvalue weighted by Crippen LogP contribution is -2.26. The van der Waals surface area contributed by atoms with E-state index in [1.165, 1.54) is 93.6 Å². The predicted molar refractivity (Wildman–Crippen MR) is 167 cm³/mol. The normalized spacial score (nSPS) is 27.8. The molecule has 4 aliphatic rings. The van der Waals surface area contributed by atoms with Gasteiger partial charge in [-0.15, -0.1) is 0 Å². The molecule has 2 aliphatic carbocycles. The van der Waals surface area contributed by atoms with Gasteiger partial charge in [0.15, 0.2) is 0 Å². The van der Waals surface area contributed by atoms with Gasteiger partial charge in [-0.1, -0.05) is 81.8 Å². The summed E-state index contributed by atoms with van der Waals surface area (Å²) in [5, 5.41) is 2.85. The molecule has 0 aromatic heterocycles. The van der Waals surface area contributed by atoms with Crippen molar-refractivity contribution in [2.45, 2.75) is 110 Å². The van der Waals surface area contributed by atoms with Crippen LogP contribution in [-0.4, -0.2) is 49.1 Å². The summed E-state index contributed by atoms with van der Waals surface area (Å²) in [4.78, 5) is 5.10. The second-order valence-electron chi connectivity index (χ2n) is 11.8. The Labute approximate surface area is 234 Å². The van der Waals surface area contributed by atoms with Crippen molar-refractivity contribution in [1.29, 1.82) is 0 Å². The first kappa shape index (κ1) is 29.1. The quantitative estimate of drug-likeness (QED) is 0.392. The minimum Gasteiger partial charge on any atom is -0.303 e. The molecule has 2 heteroatoms. The number of hydrogen-bond acceptors (Lipinski definition) is 2. The van der Waals surface area contributed by atoms with Crippen LogP contribution < -0.4 is 0 Å². The number of benzene rings is 2. The second kappa shape index (κ2) is 13.9. The zero-order valence-corrected chi connectivity index (χ0v) is 25.3. The fraction of sp³-hybridized carbons (Fsp3) is 0.611. The minimum absolute atomic E-state index is 0.710. The summed E-state index contributed by atoms with van der Waals surface area (Å²) < 4.78 is 0. The zero-order chi connectivity index (χ0) is 27.1. The van der Waals surface area contributed by atoms with E-state index in [1.54, 1.807) is 16.7 Å². The first-order valence-electron chi connectivity index (χ1n) is 16.0. The van der Waals surface area contributed by atoms with Gasteiger partial charge in [0, 0.05) is 12.1 Å². The molecule has 2 atom stereocenters. The van der Waals surface area contributed by atoms with Gasteiger partial charge in [0.2, 0.25) is 0 Å². The van der Waals surface area contributed by atoms with Crippen molar-refractivity contribution in [3.63, 3.8) is 0 Å². The molecule has 0 N–H and O–H groups in total. The second-order valence-corrected chi connectivity index (χ2v) is 11.8. The summed E-state index contributed by atoms with van der Waals surface area (Å²) >= 11 is 0. The molecule has 0 bridgehead atoms. The largest absolute Gasteiger partial charge is 0.303 e. The van der Waals surface area contributed by atoms with E-state index in [4.69, 9.17) is 0 Å². The number of fused-ring (bicyclic) bond motifs is 1. The topological polar surface area (TPSA) is 6.48 Å². The highest BCUT2D eigenvalue weighted by Gasteiger charge is 2.30. The Balaban J connectivity index is 0.000000804. The molecule has 2 aromatic rings. The van der Waals surface area contributed by atoms with Gasteiger partial charge in [0.1, 0.15) is 0 Å². The van der Waals surface area contributed by atoms with Crippen LogP contribution in [0.2, 0.25) is 0 Å². The highest BCUT2D eigenvalue weighted by atomic mass is 15.1. The van der Waals surface area contributed by atoms with Gasteiger partial charge in [-0.3, -0.25) is 4.90 Å². The maximum absolute atomic E-state index is 2.56. The van der Waals surface area contributed by atoms with E-state index in [2.05, 4.69) is 72.4 Å². The Kier molecular flexibility index (Phi) is 10.7. The van der Waals surface area contributed by atoms with Crippen LogP contribution in [0.3, 0.4) is 0 Å². The SMILES string of the molecule is CC.CC.CN1CCCC1Cc1ccc2cc(C3CCC(C4=CC=C(C5CCCN5C)C4)CC3)ccc2c1. The van der Waals surface area contributed by atoms with Crippen molar-refractivity contribution in [3.8, 4) is 0 Å². The lowest BCUT2D eigenvalue weighted by atomic mass is 9.75. The third-order valence-corrected chi connectivity index (χ3v) is 9.66. The zero-order valence-electron chi connectivity index (χ0n) is 25.3. The van der Waals surface area contributed by atoms with Gasteiger partial charge in [0.05, 0.1) is 0 Å². The van der Waals surface area contributed by atoms with E-state index < -0.39 is 0 Å². The number of nitrogens with zero attached hydrogens (tertiary/aromatic N) is 2. The fourth-order valence-corrected chi connectivity index (χ4v) is 7.46. The average Bonchev–Trinajstić information content (AvgIpc) is 3.72. The van der Waals surface area contributed by atoms with Crippen molar-refractivity contribution in [2.75, 3.05) is 27.2 Å². The van der Waals surface area contributed by atoms with Crippen LogP contribution in [0.1, 0.15) is 103 Å². The average molecular weight is 515 g/mol. The molecule has 2 saturated heterocycles. The molecule has 38 heavy (non-hydrogen) atoms. The van der Waals surface area contributed by atoms with Gasteiger partial charge in [0.25, 0.3) is 0 Å².